The molecular weight excluding hydrogens is 412 g/mol. The number of benzene rings is 1. The van der Waals surface area contributed by atoms with Crippen LogP contribution in [0.4, 0.5) is 0 Å². The summed E-state index contributed by atoms with van der Waals surface area (Å²) in [6.45, 7) is 1.89. The Morgan fingerprint density at radius 1 is 1.10 bits per heavy atom. The summed E-state index contributed by atoms with van der Waals surface area (Å²) < 4.78 is 1.61. The van der Waals surface area contributed by atoms with Gasteiger partial charge in [0.1, 0.15) is 22.9 Å². The van der Waals surface area contributed by atoms with Crippen molar-refractivity contribution in [3.63, 3.8) is 0 Å². The Balaban J connectivity index is 1.34. The lowest BCUT2D eigenvalue weighted by Gasteiger charge is -2.11. The lowest BCUT2D eigenvalue weighted by atomic mass is 10.2. The van der Waals surface area contributed by atoms with Crippen molar-refractivity contribution in [2.75, 3.05) is 0 Å². The van der Waals surface area contributed by atoms with Gasteiger partial charge >= 0.3 is 0 Å². The summed E-state index contributed by atoms with van der Waals surface area (Å²) in [5, 5.41) is 8.50. The Hall–Kier alpha value is -3.92. The number of aryl methyl sites for hydroxylation is 1. The molecule has 5 aromatic rings. The summed E-state index contributed by atoms with van der Waals surface area (Å²) in [5.74, 6) is 0.447. The molecule has 0 fully saturated rings. The third-order valence-electron chi connectivity index (χ3n) is 4.88. The van der Waals surface area contributed by atoms with Crippen LogP contribution in [0.5, 0.6) is 0 Å². The molecule has 1 aromatic carbocycles. The molecular formula is C21H18N8OS. The minimum absolute atomic E-state index is 0.292. The van der Waals surface area contributed by atoms with Crippen molar-refractivity contribution < 1.29 is 4.79 Å². The molecule has 1 atom stereocenters. The van der Waals surface area contributed by atoms with Gasteiger partial charge in [-0.25, -0.2) is 19.9 Å². The molecule has 10 heteroatoms. The molecule has 0 saturated heterocycles. The number of aromatic nitrogens is 7. The highest BCUT2D eigenvalue weighted by Gasteiger charge is 2.20. The summed E-state index contributed by atoms with van der Waals surface area (Å²) in [6.07, 6.45) is 6.54. The standard InChI is InChI=1S/C21H18N8OS/c1-12(27-20(30)17-14-8-26-29(2)19(14)25-11-24-17)21-23-10-16(31-21)18-22-9-15(28-18)13-6-4-3-5-7-13/h3-12H,1-2H3,(H,22,28)(H,27,30). The molecule has 0 aliphatic rings. The number of nitrogens with one attached hydrogen (secondary N) is 2. The van der Waals surface area contributed by atoms with Crippen molar-refractivity contribution >= 4 is 28.3 Å². The smallest absolute Gasteiger partial charge is 0.271 e. The van der Waals surface area contributed by atoms with E-state index in [2.05, 4.69) is 35.3 Å². The number of carbonyl (C=O) groups is 1. The second kappa shape index (κ2) is 7.73. The van der Waals surface area contributed by atoms with Gasteiger partial charge in [0.25, 0.3) is 5.91 Å². The van der Waals surface area contributed by atoms with E-state index >= 15 is 0 Å². The zero-order valence-electron chi connectivity index (χ0n) is 16.8. The van der Waals surface area contributed by atoms with Crippen molar-refractivity contribution in [2.45, 2.75) is 13.0 Å². The molecule has 154 valence electrons. The minimum Gasteiger partial charge on any atom is -0.342 e. The number of aromatic amines is 1. The van der Waals surface area contributed by atoms with E-state index in [1.165, 1.54) is 17.7 Å². The number of carbonyl (C=O) groups excluding carboxylic acids is 1. The summed E-state index contributed by atoms with van der Waals surface area (Å²) in [6, 6.07) is 9.71. The number of fused-ring (bicyclic) bond motifs is 1. The topological polar surface area (TPSA) is 114 Å². The van der Waals surface area contributed by atoms with Crippen LogP contribution in [-0.4, -0.2) is 40.6 Å². The Labute approximate surface area is 181 Å². The number of hydrogen-bond donors (Lipinski definition) is 2. The third-order valence-corrected chi connectivity index (χ3v) is 6.07. The van der Waals surface area contributed by atoms with Gasteiger partial charge in [-0.3, -0.25) is 9.48 Å². The molecule has 0 radical (unpaired) electrons. The highest BCUT2D eigenvalue weighted by Crippen LogP contribution is 2.29. The Bertz CT molecular complexity index is 1370. The average molecular weight is 430 g/mol. The molecule has 4 aromatic heterocycles. The molecule has 0 bridgehead atoms. The SMILES string of the molecule is CC(NC(=O)c1ncnc2c1cnn2C)c1ncc(-c2ncc(-c3ccccc3)[nH]2)s1. The monoisotopic (exact) mass is 430 g/mol. The largest absolute Gasteiger partial charge is 0.342 e. The Kier molecular flexibility index (Phi) is 4.75. The molecule has 31 heavy (non-hydrogen) atoms. The van der Waals surface area contributed by atoms with E-state index in [1.54, 1.807) is 24.1 Å². The van der Waals surface area contributed by atoms with Crippen molar-refractivity contribution in [2.24, 2.45) is 7.05 Å². The van der Waals surface area contributed by atoms with Crippen LogP contribution in [-0.2, 0) is 7.05 Å². The van der Waals surface area contributed by atoms with Crippen molar-refractivity contribution in [1.29, 1.82) is 0 Å². The van der Waals surface area contributed by atoms with Crippen LogP contribution in [0.15, 0.2) is 55.2 Å². The zero-order valence-corrected chi connectivity index (χ0v) is 17.6. The first kappa shape index (κ1) is 19.1. The Morgan fingerprint density at radius 2 is 1.94 bits per heavy atom. The first-order chi connectivity index (χ1) is 15.1. The fourth-order valence-corrected chi connectivity index (χ4v) is 4.15. The second-order valence-corrected chi connectivity index (χ2v) is 8.06. The second-order valence-electron chi connectivity index (χ2n) is 7.00. The van der Waals surface area contributed by atoms with Crippen LogP contribution >= 0.6 is 11.3 Å². The van der Waals surface area contributed by atoms with E-state index < -0.39 is 0 Å². The summed E-state index contributed by atoms with van der Waals surface area (Å²) in [7, 11) is 1.77. The van der Waals surface area contributed by atoms with E-state index in [-0.39, 0.29) is 11.9 Å². The molecule has 0 aliphatic heterocycles. The predicted octanol–water partition coefficient (Wildman–Crippen LogP) is 3.37. The van der Waals surface area contributed by atoms with Gasteiger partial charge in [0, 0.05) is 13.2 Å². The van der Waals surface area contributed by atoms with E-state index in [4.69, 9.17) is 0 Å². The number of nitrogens with zero attached hydrogens (tertiary/aromatic N) is 6. The molecule has 0 saturated carbocycles. The minimum atomic E-state index is -0.297. The number of thiazole rings is 1. The lowest BCUT2D eigenvalue weighted by Crippen LogP contribution is -2.27. The fraction of sp³-hybridized carbons (Fsp3) is 0.143. The highest BCUT2D eigenvalue weighted by atomic mass is 32.1. The molecule has 2 N–H and O–H groups in total. The van der Waals surface area contributed by atoms with Gasteiger partial charge < -0.3 is 10.3 Å². The van der Waals surface area contributed by atoms with E-state index in [0.29, 0.717) is 16.7 Å². The van der Waals surface area contributed by atoms with Gasteiger partial charge in [-0.15, -0.1) is 11.3 Å². The molecule has 0 aliphatic carbocycles. The Morgan fingerprint density at radius 3 is 2.77 bits per heavy atom. The van der Waals surface area contributed by atoms with Crippen molar-refractivity contribution in [3.05, 3.63) is 66.0 Å². The fourth-order valence-electron chi connectivity index (χ4n) is 3.28. The van der Waals surface area contributed by atoms with Gasteiger partial charge in [0.2, 0.25) is 0 Å². The van der Waals surface area contributed by atoms with E-state index in [1.807, 2.05) is 43.5 Å². The van der Waals surface area contributed by atoms with E-state index in [9.17, 15) is 4.79 Å². The van der Waals surface area contributed by atoms with Gasteiger partial charge in [0.05, 0.1) is 34.4 Å². The normalized spacial score (nSPS) is 12.2. The van der Waals surface area contributed by atoms with Gasteiger partial charge in [0.15, 0.2) is 5.65 Å². The van der Waals surface area contributed by atoms with Gasteiger partial charge in [-0.2, -0.15) is 5.10 Å². The number of rotatable bonds is 5. The van der Waals surface area contributed by atoms with Gasteiger partial charge in [-0.1, -0.05) is 30.3 Å². The lowest BCUT2D eigenvalue weighted by molar-refractivity contribution is 0.0936. The van der Waals surface area contributed by atoms with Gasteiger partial charge in [-0.05, 0) is 12.5 Å². The van der Waals surface area contributed by atoms with Crippen molar-refractivity contribution in [3.8, 4) is 22.0 Å². The maximum atomic E-state index is 12.8. The van der Waals surface area contributed by atoms with Crippen LogP contribution in [0.3, 0.4) is 0 Å². The third kappa shape index (κ3) is 3.57. The predicted molar refractivity (Wildman–Crippen MR) is 117 cm³/mol. The van der Waals surface area contributed by atoms with Crippen LogP contribution in [0.25, 0.3) is 33.0 Å². The maximum Gasteiger partial charge on any atom is 0.271 e. The first-order valence-electron chi connectivity index (χ1n) is 9.60. The van der Waals surface area contributed by atoms with Crippen molar-refractivity contribution in [1.82, 2.24) is 40.0 Å². The highest BCUT2D eigenvalue weighted by molar-refractivity contribution is 7.15. The number of amides is 1. The average Bonchev–Trinajstić information content (AvgIpc) is 3.54. The first-order valence-corrected chi connectivity index (χ1v) is 10.4. The zero-order chi connectivity index (χ0) is 21.4. The molecule has 0 spiro atoms. The molecule has 1 amide bonds. The molecule has 9 nitrogen and oxygen atoms in total. The molecule has 5 rings (SSSR count). The van der Waals surface area contributed by atoms with Crippen LogP contribution in [0.2, 0.25) is 0 Å². The number of imidazole rings is 1. The molecule has 1 unspecified atom stereocenters. The van der Waals surface area contributed by atoms with E-state index in [0.717, 1.165) is 27.0 Å². The summed E-state index contributed by atoms with van der Waals surface area (Å²) in [4.78, 5) is 34.3. The van der Waals surface area contributed by atoms with Crippen LogP contribution in [0, 0.1) is 0 Å². The summed E-state index contributed by atoms with van der Waals surface area (Å²) >= 11 is 1.48. The number of hydrogen-bond acceptors (Lipinski definition) is 7. The molecule has 4 heterocycles. The van der Waals surface area contributed by atoms with Crippen LogP contribution < -0.4 is 5.32 Å². The number of H-pyrrole nitrogens is 1. The quantitative estimate of drug-likeness (QED) is 0.442. The van der Waals surface area contributed by atoms with Crippen LogP contribution in [0.1, 0.15) is 28.5 Å². The maximum absolute atomic E-state index is 12.8. The summed E-state index contributed by atoms with van der Waals surface area (Å²) in [5.41, 5.74) is 2.91.